The quantitative estimate of drug-likeness (QED) is 0.626. The maximum absolute atomic E-state index is 5.86. The number of ether oxygens (including phenoxy) is 1. The van der Waals surface area contributed by atoms with Crippen molar-refractivity contribution >= 4 is 0 Å². The molecule has 0 aromatic heterocycles. The van der Waals surface area contributed by atoms with Crippen LogP contribution in [0.15, 0.2) is 36.9 Å². The van der Waals surface area contributed by atoms with E-state index < -0.39 is 0 Å². The number of hydrogen-bond donors (Lipinski definition) is 0. The van der Waals surface area contributed by atoms with E-state index in [2.05, 4.69) is 25.6 Å². The van der Waals surface area contributed by atoms with Crippen molar-refractivity contribution in [1.82, 2.24) is 0 Å². The molecular formula is C12H14O. The van der Waals surface area contributed by atoms with Crippen molar-refractivity contribution in [3.8, 4) is 5.75 Å². The van der Waals surface area contributed by atoms with Crippen LogP contribution in [-0.2, 0) is 6.42 Å². The van der Waals surface area contributed by atoms with Crippen LogP contribution in [0.2, 0.25) is 0 Å². The minimum absolute atomic E-state index is 0.0641. The molecule has 0 N–H and O–H groups in total. The van der Waals surface area contributed by atoms with E-state index in [1.54, 1.807) is 0 Å². The third-order valence-electron chi connectivity index (χ3n) is 2.47. The monoisotopic (exact) mass is 174 g/mol. The molecule has 0 aliphatic carbocycles. The highest BCUT2D eigenvalue weighted by Crippen LogP contribution is 2.36. The van der Waals surface area contributed by atoms with Gasteiger partial charge in [0.05, 0.1) is 0 Å². The molecule has 0 fully saturated rings. The van der Waals surface area contributed by atoms with Gasteiger partial charge in [0.15, 0.2) is 0 Å². The van der Waals surface area contributed by atoms with Gasteiger partial charge < -0.3 is 4.74 Å². The number of hydrogen-bond acceptors (Lipinski definition) is 1. The Morgan fingerprint density at radius 2 is 2.31 bits per heavy atom. The second-order valence-electron chi connectivity index (χ2n) is 3.83. The predicted molar refractivity (Wildman–Crippen MR) is 54.0 cm³/mol. The number of rotatable bonds is 2. The molecule has 1 unspecified atom stereocenters. The third kappa shape index (κ3) is 1.46. The summed E-state index contributed by atoms with van der Waals surface area (Å²) in [5.41, 5.74) is 1.25. The van der Waals surface area contributed by atoms with Crippen molar-refractivity contribution in [2.24, 2.45) is 0 Å². The fourth-order valence-corrected chi connectivity index (χ4v) is 1.87. The molecule has 2 rings (SSSR count). The first kappa shape index (κ1) is 8.36. The summed E-state index contributed by atoms with van der Waals surface area (Å²) in [5.74, 6) is 1.03. The first-order valence-corrected chi connectivity index (χ1v) is 4.61. The SMILES string of the molecule is C=CCC1(C)Cc2ccccc2O1. The molecule has 1 heterocycles. The standard InChI is InChI=1S/C12H14O/c1-3-8-12(2)9-10-6-4-5-7-11(10)13-12/h3-7H,1,8-9H2,2H3. The molecule has 0 radical (unpaired) electrons. The fraction of sp³-hybridized carbons (Fsp3) is 0.333. The van der Waals surface area contributed by atoms with Gasteiger partial charge in [0, 0.05) is 12.8 Å². The maximum atomic E-state index is 5.86. The summed E-state index contributed by atoms with van der Waals surface area (Å²) >= 11 is 0. The van der Waals surface area contributed by atoms with E-state index in [0.717, 1.165) is 18.6 Å². The van der Waals surface area contributed by atoms with Crippen molar-refractivity contribution in [3.63, 3.8) is 0 Å². The van der Waals surface area contributed by atoms with Crippen LogP contribution in [0.1, 0.15) is 18.9 Å². The zero-order chi connectivity index (χ0) is 9.31. The summed E-state index contributed by atoms with van der Waals surface area (Å²) in [6.45, 7) is 5.89. The molecule has 1 aromatic rings. The molecule has 0 saturated heterocycles. The Morgan fingerprint density at radius 1 is 1.54 bits per heavy atom. The van der Waals surface area contributed by atoms with Gasteiger partial charge in [-0.05, 0) is 18.6 Å². The second kappa shape index (κ2) is 2.91. The Hall–Kier alpha value is -1.24. The van der Waals surface area contributed by atoms with Gasteiger partial charge in [0.2, 0.25) is 0 Å². The maximum Gasteiger partial charge on any atom is 0.123 e. The molecule has 0 spiro atoms. The molecule has 1 aliphatic rings. The highest BCUT2D eigenvalue weighted by Gasteiger charge is 2.32. The van der Waals surface area contributed by atoms with Gasteiger partial charge in [-0.1, -0.05) is 24.3 Å². The highest BCUT2D eigenvalue weighted by atomic mass is 16.5. The van der Waals surface area contributed by atoms with Crippen LogP contribution < -0.4 is 4.74 Å². The van der Waals surface area contributed by atoms with Gasteiger partial charge in [-0.2, -0.15) is 0 Å². The molecule has 1 atom stereocenters. The van der Waals surface area contributed by atoms with Crippen LogP contribution in [0.5, 0.6) is 5.75 Å². The van der Waals surface area contributed by atoms with Crippen molar-refractivity contribution in [2.45, 2.75) is 25.4 Å². The lowest BCUT2D eigenvalue weighted by Crippen LogP contribution is -2.29. The molecular weight excluding hydrogens is 160 g/mol. The zero-order valence-electron chi connectivity index (χ0n) is 7.92. The molecule has 1 nitrogen and oxygen atoms in total. The first-order chi connectivity index (χ1) is 6.23. The number of benzene rings is 1. The molecule has 1 aromatic carbocycles. The van der Waals surface area contributed by atoms with Crippen molar-refractivity contribution < 1.29 is 4.74 Å². The van der Waals surface area contributed by atoms with Crippen LogP contribution in [0.25, 0.3) is 0 Å². The lowest BCUT2D eigenvalue weighted by molar-refractivity contribution is 0.120. The average Bonchev–Trinajstić information content (AvgIpc) is 2.40. The Balaban J connectivity index is 2.26. The van der Waals surface area contributed by atoms with Crippen molar-refractivity contribution in [2.75, 3.05) is 0 Å². The summed E-state index contributed by atoms with van der Waals surface area (Å²) in [6, 6.07) is 8.23. The van der Waals surface area contributed by atoms with Crippen LogP contribution >= 0.6 is 0 Å². The van der Waals surface area contributed by atoms with Gasteiger partial charge in [0.25, 0.3) is 0 Å². The Bertz CT molecular complexity index is 303. The molecule has 1 heteroatoms. The van der Waals surface area contributed by atoms with Crippen molar-refractivity contribution in [3.05, 3.63) is 42.5 Å². The highest BCUT2D eigenvalue weighted by molar-refractivity contribution is 5.38. The van der Waals surface area contributed by atoms with E-state index in [9.17, 15) is 0 Å². The molecule has 0 saturated carbocycles. The fourth-order valence-electron chi connectivity index (χ4n) is 1.87. The summed E-state index contributed by atoms with van der Waals surface area (Å²) in [6.07, 6.45) is 3.82. The average molecular weight is 174 g/mol. The van der Waals surface area contributed by atoms with Crippen LogP contribution in [0.4, 0.5) is 0 Å². The number of para-hydroxylation sites is 1. The molecule has 0 amide bonds. The van der Waals surface area contributed by atoms with Crippen LogP contribution in [0.3, 0.4) is 0 Å². The summed E-state index contributed by atoms with van der Waals surface area (Å²) in [4.78, 5) is 0. The largest absolute Gasteiger partial charge is 0.487 e. The van der Waals surface area contributed by atoms with Gasteiger partial charge in [-0.3, -0.25) is 0 Å². The van der Waals surface area contributed by atoms with Gasteiger partial charge in [-0.25, -0.2) is 0 Å². The zero-order valence-corrected chi connectivity index (χ0v) is 7.92. The van der Waals surface area contributed by atoms with Crippen LogP contribution in [0, 0.1) is 0 Å². The molecule has 68 valence electrons. The number of fused-ring (bicyclic) bond motifs is 1. The Morgan fingerprint density at radius 3 is 3.00 bits per heavy atom. The van der Waals surface area contributed by atoms with E-state index in [-0.39, 0.29) is 5.60 Å². The summed E-state index contributed by atoms with van der Waals surface area (Å²) in [5, 5.41) is 0. The van der Waals surface area contributed by atoms with Gasteiger partial charge in [-0.15, -0.1) is 6.58 Å². The smallest absolute Gasteiger partial charge is 0.123 e. The molecule has 0 bridgehead atoms. The van der Waals surface area contributed by atoms with E-state index >= 15 is 0 Å². The van der Waals surface area contributed by atoms with E-state index in [1.807, 2.05) is 18.2 Å². The van der Waals surface area contributed by atoms with E-state index in [4.69, 9.17) is 4.74 Å². The van der Waals surface area contributed by atoms with E-state index in [1.165, 1.54) is 5.56 Å². The summed E-state index contributed by atoms with van der Waals surface area (Å²) < 4.78 is 5.86. The van der Waals surface area contributed by atoms with E-state index in [0.29, 0.717) is 0 Å². The van der Waals surface area contributed by atoms with Crippen LogP contribution in [-0.4, -0.2) is 5.60 Å². The molecule has 13 heavy (non-hydrogen) atoms. The Labute approximate surface area is 79.0 Å². The van der Waals surface area contributed by atoms with Crippen molar-refractivity contribution in [1.29, 1.82) is 0 Å². The van der Waals surface area contributed by atoms with Gasteiger partial charge in [0.1, 0.15) is 11.4 Å². The molecule has 1 aliphatic heterocycles. The second-order valence-corrected chi connectivity index (χ2v) is 3.83. The minimum atomic E-state index is -0.0641. The third-order valence-corrected chi connectivity index (χ3v) is 2.47. The predicted octanol–water partition coefficient (Wildman–Crippen LogP) is 2.96. The first-order valence-electron chi connectivity index (χ1n) is 4.61. The lowest BCUT2D eigenvalue weighted by Gasteiger charge is -2.21. The minimum Gasteiger partial charge on any atom is -0.487 e. The lowest BCUT2D eigenvalue weighted by atomic mass is 9.96. The topological polar surface area (TPSA) is 9.23 Å². The Kier molecular flexibility index (Phi) is 1.87. The summed E-state index contributed by atoms with van der Waals surface area (Å²) in [7, 11) is 0. The normalized spacial score (nSPS) is 25.0. The van der Waals surface area contributed by atoms with Gasteiger partial charge >= 0.3 is 0 Å².